The highest BCUT2D eigenvalue weighted by Crippen LogP contribution is 2.38. The predicted octanol–water partition coefficient (Wildman–Crippen LogP) is 4.54. The van der Waals surface area contributed by atoms with Gasteiger partial charge in [0.2, 0.25) is 0 Å². The van der Waals surface area contributed by atoms with Gasteiger partial charge in [-0.3, -0.25) is 14.9 Å². The molecule has 0 aliphatic carbocycles. The average molecular weight is 569 g/mol. The summed E-state index contributed by atoms with van der Waals surface area (Å²) in [6.07, 6.45) is 1.29. The summed E-state index contributed by atoms with van der Waals surface area (Å²) >= 11 is 3.40. The van der Waals surface area contributed by atoms with Crippen LogP contribution < -0.4 is 19.7 Å². The number of ether oxygens (including phenoxy) is 2. The number of carbonyl (C=O) groups excluding carboxylic acids is 3. The highest BCUT2D eigenvalue weighted by Gasteiger charge is 2.37. The number of nitrogens with one attached hydrogen (secondary N) is 1. The summed E-state index contributed by atoms with van der Waals surface area (Å²) in [6.45, 7) is 0.133. The molecule has 1 aliphatic heterocycles. The van der Waals surface area contributed by atoms with Crippen LogP contribution in [0.1, 0.15) is 21.5 Å². The van der Waals surface area contributed by atoms with Crippen LogP contribution in [0.4, 0.5) is 14.9 Å². The van der Waals surface area contributed by atoms with Crippen molar-refractivity contribution in [2.75, 3.05) is 12.0 Å². The van der Waals surface area contributed by atoms with Gasteiger partial charge in [0.25, 0.3) is 11.8 Å². The predicted molar refractivity (Wildman–Crippen MR) is 134 cm³/mol. The number of hydrogen-bond donors (Lipinski definition) is 2. The summed E-state index contributed by atoms with van der Waals surface area (Å²) in [4.78, 5) is 49.9. The highest BCUT2D eigenvalue weighted by molar-refractivity contribution is 9.10. The molecule has 1 saturated heterocycles. The van der Waals surface area contributed by atoms with Crippen molar-refractivity contribution in [2.24, 2.45) is 0 Å². The van der Waals surface area contributed by atoms with E-state index in [4.69, 9.17) is 14.6 Å². The third-order valence-corrected chi connectivity index (χ3v) is 5.92. The van der Waals surface area contributed by atoms with E-state index in [2.05, 4.69) is 21.2 Å². The van der Waals surface area contributed by atoms with Crippen LogP contribution in [0.2, 0.25) is 0 Å². The Labute approximate surface area is 218 Å². The van der Waals surface area contributed by atoms with Gasteiger partial charge in [0.15, 0.2) is 11.5 Å². The summed E-state index contributed by atoms with van der Waals surface area (Å²) in [5.41, 5.74) is 0.864. The second-order valence-electron chi connectivity index (χ2n) is 7.76. The molecule has 9 nitrogen and oxygen atoms in total. The molecule has 1 heterocycles. The van der Waals surface area contributed by atoms with E-state index >= 15 is 0 Å². The fourth-order valence-corrected chi connectivity index (χ4v) is 4.09. The third-order valence-electron chi connectivity index (χ3n) is 5.33. The maximum Gasteiger partial charge on any atom is 0.335 e. The first kappa shape index (κ1) is 25.6. The highest BCUT2D eigenvalue weighted by atomic mass is 79.9. The molecule has 2 N–H and O–H groups in total. The fourth-order valence-electron chi connectivity index (χ4n) is 3.51. The summed E-state index contributed by atoms with van der Waals surface area (Å²) in [6, 6.07) is 13.1. The molecule has 0 saturated carbocycles. The van der Waals surface area contributed by atoms with Crippen LogP contribution in [0.25, 0.3) is 6.08 Å². The quantitative estimate of drug-likeness (QED) is 0.317. The molecule has 4 amide bonds. The molecule has 3 aromatic rings. The van der Waals surface area contributed by atoms with Crippen molar-refractivity contribution in [2.45, 2.75) is 6.61 Å². The van der Waals surface area contributed by atoms with Gasteiger partial charge in [0.1, 0.15) is 18.0 Å². The molecule has 0 unspecified atom stereocenters. The van der Waals surface area contributed by atoms with Crippen molar-refractivity contribution in [3.8, 4) is 11.5 Å². The van der Waals surface area contributed by atoms with Gasteiger partial charge in [-0.2, -0.15) is 0 Å². The lowest BCUT2D eigenvalue weighted by Gasteiger charge is -2.26. The van der Waals surface area contributed by atoms with Crippen molar-refractivity contribution in [1.29, 1.82) is 0 Å². The number of imide groups is 2. The van der Waals surface area contributed by atoms with Crippen molar-refractivity contribution >= 4 is 51.5 Å². The van der Waals surface area contributed by atoms with Crippen LogP contribution >= 0.6 is 15.9 Å². The first-order valence-electron chi connectivity index (χ1n) is 10.7. The number of aromatic carboxylic acids is 1. The largest absolute Gasteiger partial charge is 0.493 e. The van der Waals surface area contributed by atoms with Crippen LogP contribution in [0.3, 0.4) is 0 Å². The minimum Gasteiger partial charge on any atom is -0.493 e. The monoisotopic (exact) mass is 568 g/mol. The van der Waals surface area contributed by atoms with Crippen molar-refractivity contribution in [3.63, 3.8) is 0 Å². The Balaban J connectivity index is 1.62. The summed E-state index contributed by atoms with van der Waals surface area (Å²) in [5, 5.41) is 11.2. The molecule has 0 atom stereocenters. The van der Waals surface area contributed by atoms with E-state index in [0.29, 0.717) is 21.5 Å². The zero-order chi connectivity index (χ0) is 26.7. The van der Waals surface area contributed by atoms with Gasteiger partial charge >= 0.3 is 12.0 Å². The molecule has 0 bridgehead atoms. The van der Waals surface area contributed by atoms with Crippen LogP contribution in [-0.4, -0.2) is 36.0 Å². The van der Waals surface area contributed by atoms with Crippen LogP contribution in [-0.2, 0) is 16.2 Å². The summed E-state index contributed by atoms with van der Waals surface area (Å²) < 4.78 is 24.8. The minimum atomic E-state index is -1.17. The van der Waals surface area contributed by atoms with Crippen LogP contribution in [0.5, 0.6) is 11.5 Å². The molecule has 3 aromatic carbocycles. The lowest BCUT2D eigenvalue weighted by Crippen LogP contribution is -2.54. The number of rotatable bonds is 7. The Hall–Kier alpha value is -4.51. The van der Waals surface area contributed by atoms with E-state index < -0.39 is 23.8 Å². The van der Waals surface area contributed by atoms with Crippen molar-refractivity contribution in [1.82, 2.24) is 5.32 Å². The number of anilines is 1. The SMILES string of the molecule is COc1cc(/C=C2\C(=O)NC(=O)N(c3ccc(C(=O)O)cc3)C2=O)cc(Br)c1OCc1ccc(F)cc1. The maximum atomic E-state index is 13.1. The van der Waals surface area contributed by atoms with E-state index in [1.165, 1.54) is 49.6 Å². The Bertz CT molecular complexity index is 1440. The Morgan fingerprint density at radius 2 is 1.76 bits per heavy atom. The third kappa shape index (κ3) is 5.51. The lowest BCUT2D eigenvalue weighted by molar-refractivity contribution is -0.122. The Morgan fingerprint density at radius 3 is 2.38 bits per heavy atom. The zero-order valence-electron chi connectivity index (χ0n) is 19.2. The molecule has 0 aromatic heterocycles. The van der Waals surface area contributed by atoms with E-state index in [1.807, 2.05) is 0 Å². The molecule has 188 valence electrons. The number of carbonyl (C=O) groups is 4. The zero-order valence-corrected chi connectivity index (χ0v) is 20.7. The number of methoxy groups -OCH3 is 1. The van der Waals surface area contributed by atoms with Gasteiger partial charge in [-0.1, -0.05) is 12.1 Å². The van der Waals surface area contributed by atoms with Gasteiger partial charge in [0, 0.05) is 0 Å². The molecule has 4 rings (SSSR count). The number of barbiturate groups is 1. The standard InChI is InChI=1S/C26H18BrFN2O7/c1-36-21-12-15(11-20(27)22(21)37-13-14-2-6-17(28)7-3-14)10-19-23(31)29-26(35)30(24(19)32)18-8-4-16(5-9-18)25(33)34/h2-12H,13H2,1H3,(H,33,34)(H,29,31,35)/b19-10+. The molecule has 1 aliphatic rings. The van der Waals surface area contributed by atoms with Crippen molar-refractivity contribution in [3.05, 3.63) is 93.2 Å². The second kappa shape index (κ2) is 10.6. The molecule has 11 heteroatoms. The molecule has 0 spiro atoms. The molecule has 37 heavy (non-hydrogen) atoms. The molecule has 1 fully saturated rings. The van der Waals surface area contributed by atoms with Gasteiger partial charge in [-0.25, -0.2) is 18.9 Å². The second-order valence-corrected chi connectivity index (χ2v) is 8.61. The van der Waals surface area contributed by atoms with Crippen LogP contribution in [0, 0.1) is 5.82 Å². The first-order valence-corrected chi connectivity index (χ1v) is 11.5. The number of carboxylic acid groups (broad SMARTS) is 1. The van der Waals surface area contributed by atoms with E-state index in [-0.39, 0.29) is 29.2 Å². The number of hydrogen-bond acceptors (Lipinski definition) is 6. The number of halogens is 2. The van der Waals surface area contributed by atoms with Crippen molar-refractivity contribution < 1.29 is 38.1 Å². The van der Waals surface area contributed by atoms with Gasteiger partial charge < -0.3 is 14.6 Å². The lowest BCUT2D eigenvalue weighted by atomic mass is 10.1. The maximum absolute atomic E-state index is 13.1. The smallest absolute Gasteiger partial charge is 0.335 e. The number of nitrogens with zero attached hydrogens (tertiary/aromatic N) is 1. The van der Waals surface area contributed by atoms with Gasteiger partial charge in [-0.05, 0) is 81.7 Å². The Morgan fingerprint density at radius 1 is 1.08 bits per heavy atom. The van der Waals surface area contributed by atoms with Crippen LogP contribution in [0.15, 0.2) is 70.7 Å². The fraction of sp³-hybridized carbons (Fsp3) is 0.0769. The Kier molecular flexibility index (Phi) is 7.35. The molecule has 0 radical (unpaired) electrons. The summed E-state index contributed by atoms with van der Waals surface area (Å²) in [7, 11) is 1.42. The summed E-state index contributed by atoms with van der Waals surface area (Å²) in [5.74, 6) is -2.66. The number of amides is 4. The molecular weight excluding hydrogens is 551 g/mol. The van der Waals surface area contributed by atoms with Gasteiger partial charge in [0.05, 0.1) is 22.8 Å². The molecular formula is C26H18BrFN2O7. The van der Waals surface area contributed by atoms with E-state index in [0.717, 1.165) is 10.5 Å². The van der Waals surface area contributed by atoms with E-state index in [9.17, 15) is 23.6 Å². The first-order chi connectivity index (χ1) is 17.7. The minimum absolute atomic E-state index is 0.0286. The average Bonchev–Trinajstić information content (AvgIpc) is 2.86. The topological polar surface area (TPSA) is 122 Å². The number of carboxylic acids is 1. The van der Waals surface area contributed by atoms with E-state index in [1.54, 1.807) is 24.3 Å². The van der Waals surface area contributed by atoms with Gasteiger partial charge in [-0.15, -0.1) is 0 Å². The number of benzene rings is 3. The normalized spacial score (nSPS) is 14.5. The number of urea groups is 1.